The first kappa shape index (κ1) is 18.0. The van der Waals surface area contributed by atoms with Gasteiger partial charge < -0.3 is 25.5 Å². The minimum Gasteiger partial charge on any atom is -0.484 e. The molecule has 4 N–H and O–H groups in total. The van der Waals surface area contributed by atoms with Gasteiger partial charge in [-0.05, 0) is 49.9 Å². The van der Waals surface area contributed by atoms with Crippen LogP contribution >= 0.6 is 0 Å². The number of hydrogen-bond donors (Lipinski definition) is 3. The van der Waals surface area contributed by atoms with Gasteiger partial charge in [-0.25, -0.2) is 0 Å². The Labute approximate surface area is 151 Å². The van der Waals surface area contributed by atoms with E-state index in [2.05, 4.69) is 10.6 Å². The van der Waals surface area contributed by atoms with Crippen LogP contribution in [0.25, 0.3) is 0 Å². The van der Waals surface area contributed by atoms with Crippen LogP contribution in [0.5, 0.6) is 5.75 Å². The number of hydrogen-bond acceptors (Lipinski definition) is 5. The van der Waals surface area contributed by atoms with E-state index in [4.69, 9.17) is 14.9 Å². The molecule has 1 fully saturated rings. The molecule has 0 atom stereocenters. The van der Waals surface area contributed by atoms with Gasteiger partial charge in [0.05, 0.1) is 6.26 Å². The van der Waals surface area contributed by atoms with Crippen molar-refractivity contribution in [1.82, 2.24) is 5.32 Å². The van der Waals surface area contributed by atoms with Crippen LogP contribution in [-0.2, 0) is 4.79 Å². The molecular formula is C19H23N3O4. The minimum atomic E-state index is -0.347. The number of nitrogens with one attached hydrogen (secondary N) is 2. The van der Waals surface area contributed by atoms with Crippen molar-refractivity contribution in [3.8, 4) is 5.75 Å². The van der Waals surface area contributed by atoms with Gasteiger partial charge in [0.25, 0.3) is 11.8 Å². The lowest BCUT2D eigenvalue weighted by atomic mass is 9.92. The molecule has 7 heteroatoms. The number of furan rings is 1. The van der Waals surface area contributed by atoms with E-state index < -0.39 is 0 Å². The van der Waals surface area contributed by atoms with Crippen molar-refractivity contribution in [2.75, 3.05) is 11.9 Å². The molecule has 26 heavy (non-hydrogen) atoms. The normalized spacial score (nSPS) is 19.6. The van der Waals surface area contributed by atoms with Crippen LogP contribution in [0, 0.1) is 0 Å². The van der Waals surface area contributed by atoms with Gasteiger partial charge in [-0.3, -0.25) is 9.59 Å². The van der Waals surface area contributed by atoms with Crippen LogP contribution in [0.1, 0.15) is 36.2 Å². The number of anilines is 1. The van der Waals surface area contributed by atoms with Gasteiger partial charge in [-0.1, -0.05) is 6.07 Å². The van der Waals surface area contributed by atoms with E-state index >= 15 is 0 Å². The molecular weight excluding hydrogens is 334 g/mol. The van der Waals surface area contributed by atoms with Crippen LogP contribution in [0.3, 0.4) is 0 Å². The first-order valence-electron chi connectivity index (χ1n) is 8.73. The van der Waals surface area contributed by atoms with E-state index in [1.54, 1.807) is 36.4 Å². The molecule has 0 bridgehead atoms. The highest BCUT2D eigenvalue weighted by Crippen LogP contribution is 2.19. The van der Waals surface area contributed by atoms with Crippen molar-refractivity contribution in [2.24, 2.45) is 5.73 Å². The lowest BCUT2D eigenvalue weighted by Crippen LogP contribution is -2.42. The quantitative estimate of drug-likeness (QED) is 0.735. The third kappa shape index (κ3) is 5.10. The van der Waals surface area contributed by atoms with Gasteiger partial charge in [0.15, 0.2) is 12.4 Å². The summed E-state index contributed by atoms with van der Waals surface area (Å²) in [4.78, 5) is 24.0. The zero-order valence-corrected chi connectivity index (χ0v) is 14.4. The van der Waals surface area contributed by atoms with Gasteiger partial charge >= 0.3 is 0 Å². The van der Waals surface area contributed by atoms with Crippen LogP contribution in [0.4, 0.5) is 5.69 Å². The maximum absolute atomic E-state index is 12.0. The van der Waals surface area contributed by atoms with Crippen molar-refractivity contribution in [2.45, 2.75) is 37.8 Å². The Morgan fingerprint density at radius 3 is 2.69 bits per heavy atom. The summed E-state index contributed by atoms with van der Waals surface area (Å²) in [5.41, 5.74) is 6.43. The minimum absolute atomic E-state index is 0.0713. The second-order valence-corrected chi connectivity index (χ2v) is 6.43. The molecule has 1 saturated carbocycles. The maximum atomic E-state index is 12.0. The monoisotopic (exact) mass is 357 g/mol. The van der Waals surface area contributed by atoms with Crippen molar-refractivity contribution >= 4 is 17.5 Å². The molecule has 1 aromatic heterocycles. The lowest BCUT2D eigenvalue weighted by Gasteiger charge is -2.26. The zero-order valence-electron chi connectivity index (χ0n) is 14.4. The fourth-order valence-corrected chi connectivity index (χ4v) is 2.95. The summed E-state index contributed by atoms with van der Waals surface area (Å²) < 4.78 is 10.6. The first-order chi connectivity index (χ1) is 12.6. The predicted molar refractivity (Wildman–Crippen MR) is 97.0 cm³/mol. The summed E-state index contributed by atoms with van der Waals surface area (Å²) in [5.74, 6) is 0.224. The molecule has 138 valence electrons. The Bertz CT molecular complexity index is 737. The molecule has 0 saturated heterocycles. The molecule has 0 aliphatic heterocycles. The SMILES string of the molecule is NC1CCC(NC(=O)COc2cccc(NC(=O)c3ccco3)c2)CC1. The molecule has 0 spiro atoms. The first-order valence-corrected chi connectivity index (χ1v) is 8.73. The summed E-state index contributed by atoms with van der Waals surface area (Å²) in [6, 6.07) is 10.5. The maximum Gasteiger partial charge on any atom is 0.291 e. The smallest absolute Gasteiger partial charge is 0.291 e. The van der Waals surface area contributed by atoms with E-state index in [0.29, 0.717) is 11.4 Å². The summed E-state index contributed by atoms with van der Waals surface area (Å²) in [5, 5.41) is 5.69. The van der Waals surface area contributed by atoms with Crippen molar-refractivity contribution < 1.29 is 18.7 Å². The van der Waals surface area contributed by atoms with Gasteiger partial charge in [0.1, 0.15) is 5.75 Å². The summed E-state index contributed by atoms with van der Waals surface area (Å²) in [6.45, 7) is -0.0713. The zero-order chi connectivity index (χ0) is 18.4. The Morgan fingerprint density at radius 2 is 1.96 bits per heavy atom. The van der Waals surface area contributed by atoms with Crippen LogP contribution in [0.2, 0.25) is 0 Å². The van der Waals surface area contributed by atoms with Crippen molar-refractivity contribution in [3.63, 3.8) is 0 Å². The Hall–Kier alpha value is -2.80. The number of amides is 2. The van der Waals surface area contributed by atoms with E-state index in [1.807, 2.05) is 0 Å². The summed E-state index contributed by atoms with van der Waals surface area (Å²) >= 11 is 0. The topological polar surface area (TPSA) is 107 Å². The second kappa shape index (κ2) is 8.53. The van der Waals surface area contributed by atoms with Crippen LogP contribution < -0.4 is 21.1 Å². The summed E-state index contributed by atoms with van der Waals surface area (Å²) in [6.07, 6.45) is 5.11. The predicted octanol–water partition coefficient (Wildman–Crippen LogP) is 2.30. The Kier molecular flexibility index (Phi) is 5.91. The van der Waals surface area contributed by atoms with E-state index in [1.165, 1.54) is 6.26 Å². The molecule has 1 aromatic carbocycles. The molecule has 0 radical (unpaired) electrons. The number of nitrogens with two attached hydrogens (primary N) is 1. The van der Waals surface area contributed by atoms with E-state index in [0.717, 1.165) is 25.7 Å². The van der Waals surface area contributed by atoms with Gasteiger partial charge in [-0.2, -0.15) is 0 Å². The van der Waals surface area contributed by atoms with Crippen molar-refractivity contribution in [1.29, 1.82) is 0 Å². The standard InChI is InChI=1S/C19H23N3O4/c20-13-6-8-14(9-7-13)21-18(23)12-26-16-4-1-3-15(11-16)22-19(24)17-5-2-10-25-17/h1-5,10-11,13-14H,6-9,12,20H2,(H,21,23)(H,22,24). The number of carbonyl (C=O) groups excluding carboxylic acids is 2. The highest BCUT2D eigenvalue weighted by Gasteiger charge is 2.20. The third-order valence-electron chi connectivity index (χ3n) is 4.34. The molecule has 3 rings (SSSR count). The Balaban J connectivity index is 1.47. The number of rotatable bonds is 6. The average Bonchev–Trinajstić information content (AvgIpc) is 3.17. The van der Waals surface area contributed by atoms with Crippen LogP contribution in [0.15, 0.2) is 47.1 Å². The lowest BCUT2D eigenvalue weighted by molar-refractivity contribution is -0.124. The number of ether oxygens (including phenoxy) is 1. The fraction of sp³-hybridized carbons (Fsp3) is 0.368. The summed E-state index contributed by atoms with van der Waals surface area (Å²) in [7, 11) is 0. The average molecular weight is 357 g/mol. The van der Waals surface area contributed by atoms with Gasteiger partial charge in [0, 0.05) is 23.8 Å². The Morgan fingerprint density at radius 1 is 1.15 bits per heavy atom. The number of carbonyl (C=O) groups is 2. The van der Waals surface area contributed by atoms with Crippen molar-refractivity contribution in [3.05, 3.63) is 48.4 Å². The molecule has 1 aliphatic carbocycles. The molecule has 1 aliphatic rings. The van der Waals surface area contributed by atoms with Crippen LogP contribution in [-0.4, -0.2) is 30.5 Å². The molecule has 2 aromatic rings. The number of benzene rings is 1. The molecule has 1 heterocycles. The largest absolute Gasteiger partial charge is 0.484 e. The molecule has 7 nitrogen and oxygen atoms in total. The molecule has 2 amide bonds. The third-order valence-corrected chi connectivity index (χ3v) is 4.34. The highest BCUT2D eigenvalue weighted by molar-refractivity contribution is 6.02. The molecule has 0 unspecified atom stereocenters. The van der Waals surface area contributed by atoms with E-state index in [9.17, 15) is 9.59 Å². The second-order valence-electron chi connectivity index (χ2n) is 6.43. The van der Waals surface area contributed by atoms with Gasteiger partial charge in [-0.15, -0.1) is 0 Å². The fourth-order valence-electron chi connectivity index (χ4n) is 2.95. The highest BCUT2D eigenvalue weighted by atomic mass is 16.5. The van der Waals surface area contributed by atoms with E-state index in [-0.39, 0.29) is 36.3 Å². The van der Waals surface area contributed by atoms with Gasteiger partial charge in [0.2, 0.25) is 0 Å².